The topological polar surface area (TPSA) is 50.2 Å². The quantitative estimate of drug-likeness (QED) is 0.604. The normalized spacial score (nSPS) is 15.7. The van der Waals surface area contributed by atoms with Crippen LogP contribution in [0, 0.1) is 5.92 Å². The molecule has 1 saturated heterocycles. The van der Waals surface area contributed by atoms with Gasteiger partial charge in [-0.15, -0.1) is 11.3 Å². The van der Waals surface area contributed by atoms with E-state index in [1.807, 2.05) is 58.6 Å². The second kappa shape index (κ2) is 9.67. The molecule has 4 rings (SSSR count). The Morgan fingerprint density at radius 3 is 2.76 bits per heavy atom. The first-order valence-corrected chi connectivity index (χ1v) is 10.9. The lowest BCUT2D eigenvalue weighted by molar-refractivity contribution is -0.116. The molecule has 1 aromatic carbocycles. The zero-order valence-electron chi connectivity index (χ0n) is 16.4. The molecule has 29 heavy (non-hydrogen) atoms. The Hall–Kier alpha value is -2.70. The summed E-state index contributed by atoms with van der Waals surface area (Å²) in [4.78, 5) is 16.1. The molecule has 2 aromatic heterocycles. The molecule has 150 valence electrons. The van der Waals surface area contributed by atoms with Crippen LogP contribution < -0.4 is 5.32 Å². The number of piperidine rings is 1. The number of nitrogens with one attached hydrogen (secondary N) is 1. The maximum absolute atomic E-state index is 12.2. The van der Waals surface area contributed by atoms with Crippen molar-refractivity contribution in [1.82, 2.24) is 20.0 Å². The molecule has 0 radical (unpaired) electrons. The van der Waals surface area contributed by atoms with Gasteiger partial charge in [0, 0.05) is 35.8 Å². The summed E-state index contributed by atoms with van der Waals surface area (Å²) in [6.07, 6.45) is 9.37. The zero-order chi connectivity index (χ0) is 19.9. The third kappa shape index (κ3) is 5.65. The molecule has 0 saturated carbocycles. The number of thiophene rings is 1. The number of rotatable bonds is 7. The van der Waals surface area contributed by atoms with E-state index in [9.17, 15) is 4.79 Å². The molecule has 3 heterocycles. The van der Waals surface area contributed by atoms with Crippen LogP contribution in [-0.2, 0) is 11.3 Å². The molecule has 0 unspecified atom stereocenters. The summed E-state index contributed by atoms with van der Waals surface area (Å²) >= 11 is 1.82. The van der Waals surface area contributed by atoms with Crippen LogP contribution in [0.25, 0.3) is 11.8 Å². The van der Waals surface area contributed by atoms with Gasteiger partial charge in [-0.2, -0.15) is 5.10 Å². The average Bonchev–Trinajstić information content (AvgIpc) is 3.45. The molecule has 0 aliphatic carbocycles. The van der Waals surface area contributed by atoms with Crippen LogP contribution in [0.5, 0.6) is 0 Å². The fourth-order valence-corrected chi connectivity index (χ4v) is 4.34. The molecule has 1 N–H and O–H groups in total. The Balaban J connectivity index is 1.19. The minimum Gasteiger partial charge on any atom is -0.352 e. The van der Waals surface area contributed by atoms with Crippen LogP contribution in [0.3, 0.4) is 0 Å². The molecular weight excluding hydrogens is 380 g/mol. The van der Waals surface area contributed by atoms with Crippen LogP contribution in [0.2, 0.25) is 0 Å². The van der Waals surface area contributed by atoms with Gasteiger partial charge in [-0.05, 0) is 61.5 Å². The lowest BCUT2D eigenvalue weighted by Gasteiger charge is -2.31. The van der Waals surface area contributed by atoms with Gasteiger partial charge in [0.15, 0.2) is 0 Å². The lowest BCUT2D eigenvalue weighted by atomic mass is 9.97. The molecule has 3 aromatic rings. The highest BCUT2D eigenvalue weighted by molar-refractivity contribution is 7.09. The predicted octanol–water partition coefficient (Wildman–Crippen LogP) is 3.98. The number of carbonyl (C=O) groups excluding carboxylic acids is 1. The van der Waals surface area contributed by atoms with Crippen molar-refractivity contribution >= 4 is 23.3 Å². The van der Waals surface area contributed by atoms with E-state index >= 15 is 0 Å². The van der Waals surface area contributed by atoms with E-state index in [4.69, 9.17) is 0 Å². The van der Waals surface area contributed by atoms with Crippen LogP contribution in [-0.4, -0.2) is 40.2 Å². The highest BCUT2D eigenvalue weighted by Crippen LogP contribution is 2.20. The zero-order valence-corrected chi connectivity index (χ0v) is 17.2. The Bertz CT molecular complexity index is 925. The fraction of sp³-hybridized carbons (Fsp3) is 0.304. The van der Waals surface area contributed by atoms with Gasteiger partial charge in [-0.25, -0.2) is 4.68 Å². The van der Waals surface area contributed by atoms with Crippen molar-refractivity contribution in [2.75, 3.05) is 19.6 Å². The highest BCUT2D eigenvalue weighted by atomic mass is 32.1. The molecule has 1 aliphatic rings. The van der Waals surface area contributed by atoms with Gasteiger partial charge in [-0.3, -0.25) is 9.69 Å². The SMILES string of the molecule is O=C(/C=C/c1cnn(-c2ccccc2)c1)NCC1CCN(Cc2cccs2)CC1. The number of amides is 1. The Labute approximate surface area is 175 Å². The van der Waals surface area contributed by atoms with E-state index in [0.29, 0.717) is 5.92 Å². The number of nitrogens with zero attached hydrogens (tertiary/aromatic N) is 3. The van der Waals surface area contributed by atoms with Crippen LogP contribution >= 0.6 is 11.3 Å². The summed E-state index contributed by atoms with van der Waals surface area (Å²) in [5.41, 5.74) is 1.91. The van der Waals surface area contributed by atoms with Crippen molar-refractivity contribution in [3.05, 3.63) is 76.8 Å². The van der Waals surface area contributed by atoms with E-state index < -0.39 is 0 Å². The first kappa shape index (κ1) is 19.6. The minimum atomic E-state index is -0.0431. The summed E-state index contributed by atoms with van der Waals surface area (Å²) in [5.74, 6) is 0.520. The van der Waals surface area contributed by atoms with E-state index in [1.54, 1.807) is 12.3 Å². The summed E-state index contributed by atoms with van der Waals surface area (Å²) in [5, 5.41) is 9.54. The average molecular weight is 407 g/mol. The standard InChI is InChI=1S/C23H26N4OS/c28-23(9-8-20-16-25-27(17-20)21-5-2-1-3-6-21)24-15-19-10-12-26(13-11-19)18-22-7-4-14-29-22/h1-9,14,16-17,19H,10-13,15,18H2,(H,24,28)/b9-8+. The number of benzene rings is 1. The number of likely N-dealkylation sites (tertiary alicyclic amines) is 1. The van der Waals surface area contributed by atoms with Crippen molar-refractivity contribution in [2.24, 2.45) is 5.92 Å². The van der Waals surface area contributed by atoms with Crippen molar-refractivity contribution in [3.63, 3.8) is 0 Å². The third-order valence-corrected chi connectivity index (χ3v) is 6.14. The van der Waals surface area contributed by atoms with Crippen LogP contribution in [0.15, 0.2) is 66.3 Å². The van der Waals surface area contributed by atoms with Gasteiger partial charge in [0.1, 0.15) is 0 Å². The van der Waals surface area contributed by atoms with Gasteiger partial charge >= 0.3 is 0 Å². The van der Waals surface area contributed by atoms with E-state index in [0.717, 1.165) is 50.3 Å². The summed E-state index contributed by atoms with van der Waals surface area (Å²) < 4.78 is 1.81. The van der Waals surface area contributed by atoms with E-state index in [2.05, 4.69) is 32.8 Å². The number of aromatic nitrogens is 2. The van der Waals surface area contributed by atoms with Crippen molar-refractivity contribution in [1.29, 1.82) is 0 Å². The lowest BCUT2D eigenvalue weighted by Crippen LogP contribution is -2.37. The Morgan fingerprint density at radius 2 is 2.00 bits per heavy atom. The molecule has 5 nitrogen and oxygen atoms in total. The van der Waals surface area contributed by atoms with Crippen LogP contribution in [0.1, 0.15) is 23.3 Å². The van der Waals surface area contributed by atoms with E-state index in [-0.39, 0.29) is 5.91 Å². The number of para-hydroxylation sites is 1. The smallest absolute Gasteiger partial charge is 0.244 e. The molecule has 0 bridgehead atoms. The molecule has 1 amide bonds. The molecule has 0 atom stereocenters. The van der Waals surface area contributed by atoms with Gasteiger partial charge in [0.25, 0.3) is 0 Å². The van der Waals surface area contributed by atoms with Crippen molar-refractivity contribution in [3.8, 4) is 5.69 Å². The largest absolute Gasteiger partial charge is 0.352 e. The van der Waals surface area contributed by atoms with E-state index in [1.165, 1.54) is 4.88 Å². The summed E-state index contributed by atoms with van der Waals surface area (Å²) in [6, 6.07) is 14.2. The molecule has 0 spiro atoms. The monoisotopic (exact) mass is 406 g/mol. The van der Waals surface area contributed by atoms with Crippen molar-refractivity contribution in [2.45, 2.75) is 19.4 Å². The minimum absolute atomic E-state index is 0.0431. The summed E-state index contributed by atoms with van der Waals surface area (Å²) in [7, 11) is 0. The fourth-order valence-electron chi connectivity index (χ4n) is 3.59. The highest BCUT2D eigenvalue weighted by Gasteiger charge is 2.19. The summed E-state index contributed by atoms with van der Waals surface area (Å²) in [6.45, 7) is 4.01. The molecule has 1 aliphatic heterocycles. The number of hydrogen-bond donors (Lipinski definition) is 1. The maximum Gasteiger partial charge on any atom is 0.244 e. The molecule has 6 heteroatoms. The van der Waals surface area contributed by atoms with Gasteiger partial charge in [-0.1, -0.05) is 24.3 Å². The second-order valence-corrected chi connectivity index (χ2v) is 8.46. The number of hydrogen-bond acceptors (Lipinski definition) is 4. The number of carbonyl (C=O) groups is 1. The first-order chi connectivity index (χ1) is 14.3. The van der Waals surface area contributed by atoms with Crippen molar-refractivity contribution < 1.29 is 4.79 Å². The first-order valence-electron chi connectivity index (χ1n) is 10.1. The van der Waals surface area contributed by atoms with Gasteiger partial charge < -0.3 is 5.32 Å². The Kier molecular flexibility index (Phi) is 6.54. The predicted molar refractivity (Wildman–Crippen MR) is 118 cm³/mol. The molecule has 1 fully saturated rings. The third-order valence-electron chi connectivity index (χ3n) is 5.28. The van der Waals surface area contributed by atoms with Crippen LogP contribution in [0.4, 0.5) is 0 Å². The van der Waals surface area contributed by atoms with Gasteiger partial charge in [0.2, 0.25) is 5.91 Å². The van der Waals surface area contributed by atoms with Gasteiger partial charge in [0.05, 0.1) is 11.9 Å². The Morgan fingerprint density at radius 1 is 1.17 bits per heavy atom. The maximum atomic E-state index is 12.2. The second-order valence-electron chi connectivity index (χ2n) is 7.43. The molecular formula is C23H26N4OS.